The first kappa shape index (κ1) is 13.7. The second-order valence-corrected chi connectivity index (χ2v) is 6.96. The van der Waals surface area contributed by atoms with Gasteiger partial charge in [0.05, 0.1) is 4.90 Å². The van der Waals surface area contributed by atoms with Crippen LogP contribution in [-0.4, -0.2) is 30.5 Å². The first-order valence-corrected chi connectivity index (χ1v) is 7.49. The minimum absolute atomic E-state index is 0.0234. The van der Waals surface area contributed by atoms with Crippen LogP contribution >= 0.6 is 0 Å². The molecular formula is C13H14O5S. The zero-order valence-corrected chi connectivity index (χ0v) is 11.2. The molecule has 0 spiro atoms. The summed E-state index contributed by atoms with van der Waals surface area (Å²) in [6, 6.07) is 5.49. The summed E-state index contributed by atoms with van der Waals surface area (Å²) in [7, 11) is -3.90. The average molecular weight is 282 g/mol. The molecule has 0 aromatic heterocycles. The predicted octanol–water partition coefficient (Wildman–Crippen LogP) is 1.53. The number of carboxylic acids is 1. The molecule has 1 aliphatic rings. The fourth-order valence-corrected chi connectivity index (χ4v) is 2.92. The lowest BCUT2D eigenvalue weighted by molar-refractivity contribution is -0.136. The van der Waals surface area contributed by atoms with Crippen LogP contribution in [0.25, 0.3) is 0 Å². The number of ketones is 1. The average Bonchev–Trinajstić information content (AvgIpc) is 3.21. The van der Waals surface area contributed by atoms with E-state index in [1.807, 2.05) is 0 Å². The molecule has 6 heteroatoms. The maximum atomic E-state index is 11.9. The first-order valence-electron chi connectivity index (χ1n) is 5.95. The molecule has 19 heavy (non-hydrogen) atoms. The quantitative estimate of drug-likeness (QED) is 0.827. The van der Waals surface area contributed by atoms with Crippen molar-refractivity contribution >= 4 is 21.6 Å². The Morgan fingerprint density at radius 2 is 1.74 bits per heavy atom. The highest BCUT2D eigenvalue weighted by atomic mass is 32.2. The number of carbonyl (C=O) groups excluding carboxylic acids is 1. The van der Waals surface area contributed by atoms with Crippen molar-refractivity contribution in [2.24, 2.45) is 5.92 Å². The number of hydrogen-bond acceptors (Lipinski definition) is 4. The number of hydrogen-bond donors (Lipinski definition) is 1. The molecule has 2 rings (SSSR count). The summed E-state index contributed by atoms with van der Waals surface area (Å²) in [6.07, 6.45) is 1.77. The Labute approximate surface area is 111 Å². The molecule has 0 aliphatic heterocycles. The standard InChI is InChI=1S/C13H14O5S/c1-8(13(15)16)19(17,18)11-6-4-10(5-7-11)12(14)9-2-3-9/h4-9H,2-3H2,1H3,(H,15,16). The van der Waals surface area contributed by atoms with Crippen molar-refractivity contribution in [2.45, 2.75) is 29.9 Å². The number of aliphatic carboxylic acids is 1. The Hall–Kier alpha value is -1.69. The molecule has 1 aromatic carbocycles. The molecule has 0 saturated heterocycles. The van der Waals surface area contributed by atoms with Crippen molar-refractivity contribution in [3.63, 3.8) is 0 Å². The zero-order valence-electron chi connectivity index (χ0n) is 10.4. The van der Waals surface area contributed by atoms with Crippen LogP contribution in [0.3, 0.4) is 0 Å². The number of benzene rings is 1. The van der Waals surface area contributed by atoms with E-state index < -0.39 is 21.1 Å². The lowest BCUT2D eigenvalue weighted by Gasteiger charge is -2.09. The smallest absolute Gasteiger partial charge is 0.321 e. The van der Waals surface area contributed by atoms with E-state index in [1.165, 1.54) is 24.3 Å². The van der Waals surface area contributed by atoms with E-state index in [9.17, 15) is 18.0 Å². The number of Topliss-reactive ketones (excluding diaryl/α,β-unsaturated/α-hetero) is 1. The van der Waals surface area contributed by atoms with Crippen molar-refractivity contribution in [3.05, 3.63) is 29.8 Å². The monoisotopic (exact) mass is 282 g/mol. The molecule has 1 saturated carbocycles. The minimum atomic E-state index is -3.90. The van der Waals surface area contributed by atoms with Gasteiger partial charge in [0.2, 0.25) is 0 Å². The van der Waals surface area contributed by atoms with Gasteiger partial charge in [0.15, 0.2) is 20.9 Å². The minimum Gasteiger partial charge on any atom is -0.480 e. The van der Waals surface area contributed by atoms with Gasteiger partial charge in [-0.3, -0.25) is 9.59 Å². The number of sulfone groups is 1. The summed E-state index contributed by atoms with van der Waals surface area (Å²) in [5, 5.41) is 7.27. The summed E-state index contributed by atoms with van der Waals surface area (Å²) in [5.74, 6) is -1.30. The van der Waals surface area contributed by atoms with E-state index in [0.717, 1.165) is 19.8 Å². The summed E-state index contributed by atoms with van der Waals surface area (Å²) in [5.41, 5.74) is 0.476. The molecule has 1 fully saturated rings. The van der Waals surface area contributed by atoms with Crippen LogP contribution in [-0.2, 0) is 14.6 Å². The molecule has 0 bridgehead atoms. The second-order valence-electron chi connectivity index (χ2n) is 4.69. The Bertz CT molecular complexity index is 611. The summed E-state index contributed by atoms with van der Waals surface area (Å²) < 4.78 is 23.9. The van der Waals surface area contributed by atoms with Crippen LogP contribution in [0.4, 0.5) is 0 Å². The highest BCUT2D eigenvalue weighted by molar-refractivity contribution is 7.92. The van der Waals surface area contributed by atoms with E-state index in [2.05, 4.69) is 0 Å². The Kier molecular flexibility index (Phi) is 3.45. The number of carbonyl (C=O) groups is 2. The van der Waals surface area contributed by atoms with E-state index in [1.54, 1.807) is 0 Å². The van der Waals surface area contributed by atoms with E-state index in [0.29, 0.717) is 5.56 Å². The van der Waals surface area contributed by atoms with Gasteiger partial charge in [0.1, 0.15) is 0 Å². The highest BCUT2D eigenvalue weighted by Crippen LogP contribution is 2.32. The SMILES string of the molecule is CC(C(=O)O)S(=O)(=O)c1ccc(C(=O)C2CC2)cc1. The van der Waals surface area contributed by atoms with Crippen molar-refractivity contribution in [1.29, 1.82) is 0 Å². The van der Waals surface area contributed by atoms with Gasteiger partial charge in [-0.15, -0.1) is 0 Å². The fraction of sp³-hybridized carbons (Fsp3) is 0.385. The number of rotatable bonds is 5. The maximum Gasteiger partial charge on any atom is 0.321 e. The van der Waals surface area contributed by atoms with Gasteiger partial charge in [-0.1, -0.05) is 12.1 Å². The van der Waals surface area contributed by atoms with Gasteiger partial charge in [0, 0.05) is 11.5 Å². The summed E-state index contributed by atoms with van der Waals surface area (Å²) >= 11 is 0. The molecule has 1 aliphatic carbocycles. The molecule has 102 valence electrons. The second kappa shape index (κ2) is 4.77. The van der Waals surface area contributed by atoms with Crippen LogP contribution < -0.4 is 0 Å². The summed E-state index contributed by atoms with van der Waals surface area (Å²) in [6.45, 7) is 1.13. The van der Waals surface area contributed by atoms with Crippen LogP contribution in [0.1, 0.15) is 30.1 Å². The maximum absolute atomic E-state index is 11.9. The third kappa shape index (κ3) is 2.68. The molecule has 0 radical (unpaired) electrons. The van der Waals surface area contributed by atoms with Gasteiger partial charge >= 0.3 is 5.97 Å². The van der Waals surface area contributed by atoms with Crippen molar-refractivity contribution in [3.8, 4) is 0 Å². The molecule has 1 atom stereocenters. The topological polar surface area (TPSA) is 88.5 Å². The van der Waals surface area contributed by atoms with Gasteiger partial charge in [-0.05, 0) is 31.9 Å². The fourth-order valence-electron chi connectivity index (χ4n) is 1.73. The molecule has 1 N–H and O–H groups in total. The largest absolute Gasteiger partial charge is 0.480 e. The van der Waals surface area contributed by atoms with Crippen LogP contribution in [0, 0.1) is 5.92 Å². The van der Waals surface area contributed by atoms with Gasteiger partial charge < -0.3 is 5.11 Å². The van der Waals surface area contributed by atoms with E-state index in [4.69, 9.17) is 5.11 Å². The van der Waals surface area contributed by atoms with Crippen molar-refractivity contribution < 1.29 is 23.1 Å². The molecule has 0 heterocycles. The first-order chi connectivity index (χ1) is 8.84. The Balaban J connectivity index is 2.27. The van der Waals surface area contributed by atoms with Crippen LogP contribution in [0.15, 0.2) is 29.2 Å². The van der Waals surface area contributed by atoms with Crippen LogP contribution in [0.2, 0.25) is 0 Å². The molecular weight excluding hydrogens is 268 g/mol. The van der Waals surface area contributed by atoms with Crippen molar-refractivity contribution in [1.82, 2.24) is 0 Å². The normalized spacial score (nSPS) is 16.9. The van der Waals surface area contributed by atoms with Gasteiger partial charge in [-0.2, -0.15) is 0 Å². The lowest BCUT2D eigenvalue weighted by Crippen LogP contribution is -2.26. The number of carboxylic acid groups (broad SMARTS) is 1. The molecule has 5 nitrogen and oxygen atoms in total. The highest BCUT2D eigenvalue weighted by Gasteiger charge is 2.32. The Morgan fingerprint density at radius 1 is 1.21 bits per heavy atom. The third-order valence-corrected chi connectivity index (χ3v) is 5.29. The molecule has 1 aromatic rings. The Morgan fingerprint density at radius 3 is 2.16 bits per heavy atom. The molecule has 0 amide bonds. The molecule has 1 unspecified atom stereocenters. The van der Waals surface area contributed by atoms with E-state index in [-0.39, 0.29) is 16.6 Å². The lowest BCUT2D eigenvalue weighted by atomic mass is 10.1. The third-order valence-electron chi connectivity index (χ3n) is 3.23. The zero-order chi connectivity index (χ0) is 14.2. The van der Waals surface area contributed by atoms with Gasteiger partial charge in [-0.25, -0.2) is 8.42 Å². The summed E-state index contributed by atoms with van der Waals surface area (Å²) in [4.78, 5) is 22.5. The van der Waals surface area contributed by atoms with Gasteiger partial charge in [0.25, 0.3) is 0 Å². The van der Waals surface area contributed by atoms with E-state index >= 15 is 0 Å². The van der Waals surface area contributed by atoms with Crippen molar-refractivity contribution in [2.75, 3.05) is 0 Å². The predicted molar refractivity (Wildman–Crippen MR) is 67.8 cm³/mol. The van der Waals surface area contributed by atoms with Crippen LogP contribution in [0.5, 0.6) is 0 Å².